The molecule has 4 aliphatic carbocycles. The maximum atomic E-state index is 12.2. The van der Waals surface area contributed by atoms with Crippen molar-refractivity contribution in [2.75, 3.05) is 6.61 Å². The van der Waals surface area contributed by atoms with Crippen molar-refractivity contribution in [3.8, 4) is 6.07 Å². The maximum Gasteiger partial charge on any atom is 0.209 e. The highest BCUT2D eigenvalue weighted by Gasteiger charge is 2.83. The number of fused-ring (bicyclic) bond motifs is 7. The number of allylic oxidation sites excluding steroid dienone is 1. The topological polar surface area (TPSA) is 92.1 Å². The molecular formula is C25H32ClNO5. The SMILES string of the molecule is CCC1O[C@@H]2C[C@H]3[C@@H]4C[C@H](Cl)C5=CC(=O)CC[C@]5(C)[C@H]4[C@@H](O)C[C@]3(C)[C@]2(C2(C#N)CO2)O1. The van der Waals surface area contributed by atoms with Crippen LogP contribution in [0.5, 0.6) is 0 Å². The Balaban J connectivity index is 1.46. The highest BCUT2D eigenvalue weighted by atomic mass is 35.5. The fourth-order valence-electron chi connectivity index (χ4n) is 8.88. The first-order valence-corrected chi connectivity index (χ1v) is 12.5. The van der Waals surface area contributed by atoms with E-state index in [0.717, 1.165) is 24.8 Å². The number of hydrogen-bond acceptors (Lipinski definition) is 6. The van der Waals surface area contributed by atoms with Crippen molar-refractivity contribution in [3.63, 3.8) is 0 Å². The second-order valence-corrected chi connectivity index (χ2v) is 12.0. The highest BCUT2D eigenvalue weighted by Crippen LogP contribution is 2.73. The van der Waals surface area contributed by atoms with Gasteiger partial charge in [0.2, 0.25) is 5.60 Å². The van der Waals surface area contributed by atoms with Crippen LogP contribution in [0.2, 0.25) is 0 Å². The lowest BCUT2D eigenvalue weighted by Crippen LogP contribution is -2.66. The Kier molecular flexibility index (Phi) is 4.43. The Morgan fingerprint density at radius 3 is 2.75 bits per heavy atom. The molecule has 2 aliphatic heterocycles. The second-order valence-electron chi connectivity index (χ2n) is 11.5. The molecule has 0 amide bonds. The maximum absolute atomic E-state index is 12.2. The molecule has 174 valence electrons. The molecule has 11 atom stereocenters. The van der Waals surface area contributed by atoms with Gasteiger partial charge in [0.1, 0.15) is 11.7 Å². The molecule has 3 saturated carbocycles. The zero-order valence-corrected chi connectivity index (χ0v) is 19.7. The molecule has 0 aromatic rings. The molecule has 0 bridgehead atoms. The molecule has 0 aromatic carbocycles. The Morgan fingerprint density at radius 2 is 2.09 bits per heavy atom. The molecule has 6 rings (SSSR count). The van der Waals surface area contributed by atoms with Crippen molar-refractivity contribution in [2.24, 2.45) is 28.6 Å². The lowest BCUT2D eigenvalue weighted by Gasteiger charge is -2.61. The largest absolute Gasteiger partial charge is 0.393 e. The van der Waals surface area contributed by atoms with E-state index in [1.807, 2.05) is 6.92 Å². The summed E-state index contributed by atoms with van der Waals surface area (Å²) in [6.45, 7) is 6.74. The van der Waals surface area contributed by atoms with Crippen LogP contribution in [0.4, 0.5) is 0 Å². The van der Waals surface area contributed by atoms with Crippen LogP contribution in [0.1, 0.15) is 59.3 Å². The van der Waals surface area contributed by atoms with Gasteiger partial charge in [-0.1, -0.05) is 20.8 Å². The number of nitriles is 1. The number of ketones is 1. The third-order valence-electron chi connectivity index (χ3n) is 10.2. The standard InChI is InChI=1S/C25H32ClNO5/c1-4-20-31-19-9-15-14-8-17(26)16-7-13(28)5-6-22(16,2)21(14)18(29)10-23(15,3)25(19,32-20)24(11-27)12-30-24/h7,14-15,17-21,29H,4-6,8-10,12H2,1-3H3/t14-,15-,17-,18-,19+,20?,21+,22-,23-,24?,25+/m0/s1. The number of alkyl halides is 1. The zero-order chi connectivity index (χ0) is 22.7. The van der Waals surface area contributed by atoms with Gasteiger partial charge in [-0.3, -0.25) is 4.79 Å². The third kappa shape index (κ3) is 2.33. The van der Waals surface area contributed by atoms with Gasteiger partial charge in [-0.15, -0.1) is 11.6 Å². The Hall–Kier alpha value is -0.970. The van der Waals surface area contributed by atoms with Crippen molar-refractivity contribution >= 4 is 17.4 Å². The van der Waals surface area contributed by atoms with Crippen molar-refractivity contribution < 1.29 is 24.1 Å². The molecule has 2 saturated heterocycles. The van der Waals surface area contributed by atoms with Crippen LogP contribution >= 0.6 is 11.6 Å². The Bertz CT molecular complexity index is 941. The Labute approximate surface area is 194 Å². The molecule has 2 unspecified atom stereocenters. The summed E-state index contributed by atoms with van der Waals surface area (Å²) in [4.78, 5) is 12.2. The van der Waals surface area contributed by atoms with Gasteiger partial charge in [0.05, 0.1) is 24.2 Å². The fraction of sp³-hybridized carbons (Fsp3) is 0.840. The molecule has 5 fully saturated rings. The first-order valence-electron chi connectivity index (χ1n) is 12.1. The van der Waals surface area contributed by atoms with E-state index in [-0.39, 0.29) is 46.7 Å². The zero-order valence-electron chi connectivity index (χ0n) is 19.0. The average Bonchev–Trinajstić information content (AvgIpc) is 3.39. The molecule has 6 nitrogen and oxygen atoms in total. The number of aliphatic hydroxyl groups excluding tert-OH is 1. The van der Waals surface area contributed by atoms with Crippen LogP contribution in [-0.4, -0.2) is 52.6 Å². The molecule has 32 heavy (non-hydrogen) atoms. The van der Waals surface area contributed by atoms with Gasteiger partial charge in [-0.25, -0.2) is 0 Å². The molecule has 6 aliphatic rings. The quantitative estimate of drug-likeness (QED) is 0.499. The number of epoxide rings is 1. The van der Waals surface area contributed by atoms with Gasteiger partial charge in [-0.2, -0.15) is 5.26 Å². The highest BCUT2D eigenvalue weighted by molar-refractivity contribution is 6.23. The molecule has 2 heterocycles. The molecular weight excluding hydrogens is 430 g/mol. The summed E-state index contributed by atoms with van der Waals surface area (Å²) in [7, 11) is 0. The number of rotatable bonds is 2. The van der Waals surface area contributed by atoms with E-state index in [2.05, 4.69) is 19.9 Å². The van der Waals surface area contributed by atoms with Crippen LogP contribution < -0.4 is 0 Å². The van der Waals surface area contributed by atoms with Gasteiger partial charge in [0.25, 0.3) is 0 Å². The van der Waals surface area contributed by atoms with Crippen molar-refractivity contribution in [1.29, 1.82) is 5.26 Å². The lowest BCUT2D eigenvalue weighted by molar-refractivity contribution is -0.212. The predicted octanol–water partition coefficient (Wildman–Crippen LogP) is 3.50. The van der Waals surface area contributed by atoms with E-state index in [1.54, 1.807) is 6.08 Å². The molecule has 0 spiro atoms. The normalized spacial score (nSPS) is 58.2. The van der Waals surface area contributed by atoms with Crippen molar-refractivity contribution in [1.82, 2.24) is 0 Å². The minimum Gasteiger partial charge on any atom is -0.393 e. The van der Waals surface area contributed by atoms with Gasteiger partial charge in [0, 0.05) is 11.8 Å². The number of halogens is 1. The number of carbonyl (C=O) groups excluding carboxylic acids is 1. The first kappa shape index (κ1) is 21.6. The van der Waals surface area contributed by atoms with Crippen molar-refractivity contribution in [3.05, 3.63) is 11.6 Å². The van der Waals surface area contributed by atoms with E-state index in [4.69, 9.17) is 25.8 Å². The number of aliphatic hydroxyl groups is 1. The van der Waals surface area contributed by atoms with Gasteiger partial charge < -0.3 is 19.3 Å². The van der Waals surface area contributed by atoms with Crippen LogP contribution in [0, 0.1) is 39.9 Å². The van der Waals surface area contributed by atoms with E-state index < -0.39 is 22.7 Å². The van der Waals surface area contributed by atoms with Gasteiger partial charge >= 0.3 is 0 Å². The number of ether oxygens (including phenoxy) is 3. The van der Waals surface area contributed by atoms with E-state index in [0.29, 0.717) is 25.9 Å². The fourth-order valence-corrected chi connectivity index (χ4v) is 9.39. The predicted molar refractivity (Wildman–Crippen MR) is 116 cm³/mol. The second kappa shape index (κ2) is 6.58. The summed E-state index contributed by atoms with van der Waals surface area (Å²) in [5.41, 5.74) is -1.64. The minimum absolute atomic E-state index is 0.0333. The summed E-state index contributed by atoms with van der Waals surface area (Å²) in [5, 5.41) is 21.6. The van der Waals surface area contributed by atoms with Crippen LogP contribution in [0.15, 0.2) is 11.6 Å². The summed E-state index contributed by atoms with van der Waals surface area (Å²) >= 11 is 6.94. The monoisotopic (exact) mass is 461 g/mol. The molecule has 1 N–H and O–H groups in total. The number of nitrogens with zero attached hydrogens (tertiary/aromatic N) is 1. The number of hydrogen-bond donors (Lipinski definition) is 1. The Morgan fingerprint density at radius 1 is 1.34 bits per heavy atom. The van der Waals surface area contributed by atoms with E-state index in [9.17, 15) is 15.2 Å². The molecule has 7 heteroatoms. The smallest absolute Gasteiger partial charge is 0.209 e. The first-order chi connectivity index (χ1) is 15.2. The number of carbonyl (C=O) groups is 1. The van der Waals surface area contributed by atoms with Crippen molar-refractivity contribution in [2.45, 2.75) is 94.4 Å². The third-order valence-corrected chi connectivity index (χ3v) is 10.6. The summed E-state index contributed by atoms with van der Waals surface area (Å²) in [5.74, 6) is 0.544. The van der Waals surface area contributed by atoms with Gasteiger partial charge in [0.15, 0.2) is 12.1 Å². The lowest BCUT2D eigenvalue weighted by atomic mass is 9.45. The summed E-state index contributed by atoms with van der Waals surface area (Å²) in [6, 6.07) is 2.43. The summed E-state index contributed by atoms with van der Waals surface area (Å²) < 4.78 is 18.9. The summed E-state index contributed by atoms with van der Waals surface area (Å²) in [6.07, 6.45) is 4.57. The van der Waals surface area contributed by atoms with Gasteiger partial charge in [-0.05, 0) is 66.9 Å². The minimum atomic E-state index is -1.01. The van der Waals surface area contributed by atoms with E-state index >= 15 is 0 Å². The van der Waals surface area contributed by atoms with Crippen LogP contribution in [0.3, 0.4) is 0 Å². The average molecular weight is 462 g/mol. The van der Waals surface area contributed by atoms with Crippen LogP contribution in [-0.2, 0) is 19.0 Å². The molecule has 0 aromatic heterocycles. The van der Waals surface area contributed by atoms with E-state index in [1.165, 1.54) is 0 Å². The molecule has 0 radical (unpaired) electrons. The van der Waals surface area contributed by atoms with Crippen LogP contribution in [0.25, 0.3) is 0 Å².